The number of terminal acetylenes is 1. The molecule has 0 spiro atoms. The lowest BCUT2D eigenvalue weighted by Crippen LogP contribution is -2.53. The quantitative estimate of drug-likeness (QED) is 0.451. The van der Waals surface area contributed by atoms with Crippen LogP contribution in [0.1, 0.15) is 31.7 Å². The van der Waals surface area contributed by atoms with Gasteiger partial charge >= 0.3 is 0 Å². The molecule has 1 aromatic carbocycles. The summed E-state index contributed by atoms with van der Waals surface area (Å²) in [7, 11) is 0. The fraction of sp³-hybridized carbons (Fsp3) is 0.389. The van der Waals surface area contributed by atoms with E-state index in [4.69, 9.17) is 12.2 Å². The van der Waals surface area contributed by atoms with Gasteiger partial charge in [-0.25, -0.2) is 4.39 Å². The summed E-state index contributed by atoms with van der Waals surface area (Å²) in [6, 6.07) is 4.02. The smallest absolute Gasteiger partial charge is 0.243 e. The van der Waals surface area contributed by atoms with E-state index >= 15 is 0 Å². The van der Waals surface area contributed by atoms with Crippen LogP contribution in [-0.2, 0) is 20.8 Å². The summed E-state index contributed by atoms with van der Waals surface area (Å²) in [5, 5.41) is 4.97. The third-order valence-corrected chi connectivity index (χ3v) is 3.55. The maximum Gasteiger partial charge on any atom is 0.243 e. The molecule has 0 aliphatic rings. The fourth-order valence-electron chi connectivity index (χ4n) is 2.30. The van der Waals surface area contributed by atoms with Crippen LogP contribution in [0.15, 0.2) is 24.3 Å². The number of primary amides is 1. The average molecular weight is 347 g/mol. The van der Waals surface area contributed by atoms with Gasteiger partial charge < -0.3 is 16.4 Å². The van der Waals surface area contributed by atoms with Crippen molar-refractivity contribution >= 4 is 17.7 Å². The van der Waals surface area contributed by atoms with Gasteiger partial charge in [0.2, 0.25) is 17.7 Å². The first kappa shape index (κ1) is 20.2. The number of rotatable bonds is 9. The zero-order valence-electron chi connectivity index (χ0n) is 14.0. The molecule has 0 aromatic heterocycles. The van der Waals surface area contributed by atoms with Crippen molar-refractivity contribution in [1.82, 2.24) is 10.6 Å². The number of benzene rings is 1. The molecule has 1 rings (SSSR count). The van der Waals surface area contributed by atoms with Crippen molar-refractivity contribution in [3.8, 4) is 12.3 Å². The Kier molecular flexibility index (Phi) is 8.13. The third kappa shape index (κ3) is 7.04. The van der Waals surface area contributed by atoms with Gasteiger partial charge in [-0.1, -0.05) is 18.2 Å². The second-order valence-electron chi connectivity index (χ2n) is 5.61. The van der Waals surface area contributed by atoms with E-state index in [2.05, 4.69) is 16.6 Å². The molecule has 0 bridgehead atoms. The standard InChI is InChI=1S/C18H22FN3O3/c1-3-4-5-10-15(17(20)24)22-18(25)16(21-12(2)23)11-13-8-6-7-9-14(13)19/h1,6-9,15-16H,4-5,10-11H2,2H3,(H2,20,24)(H,21,23)(H,22,25)/t15-,16+/m0/s1. The molecule has 0 radical (unpaired) electrons. The van der Waals surface area contributed by atoms with E-state index < -0.39 is 35.6 Å². The summed E-state index contributed by atoms with van der Waals surface area (Å²) in [5.41, 5.74) is 5.57. The molecule has 1 aromatic rings. The number of hydrogen-bond acceptors (Lipinski definition) is 3. The van der Waals surface area contributed by atoms with Crippen molar-refractivity contribution in [3.63, 3.8) is 0 Å². The first-order chi connectivity index (χ1) is 11.8. The topological polar surface area (TPSA) is 101 Å². The average Bonchev–Trinajstić information content (AvgIpc) is 2.54. The molecule has 0 aliphatic carbocycles. The van der Waals surface area contributed by atoms with Crippen LogP contribution in [0.4, 0.5) is 4.39 Å². The molecule has 134 valence electrons. The van der Waals surface area contributed by atoms with Gasteiger partial charge in [0.15, 0.2) is 0 Å². The molecule has 25 heavy (non-hydrogen) atoms. The van der Waals surface area contributed by atoms with E-state index in [1.807, 2.05) is 0 Å². The molecule has 4 N–H and O–H groups in total. The lowest BCUT2D eigenvalue weighted by molar-refractivity contribution is -0.130. The Hall–Kier alpha value is -2.88. The van der Waals surface area contributed by atoms with E-state index in [1.165, 1.54) is 25.1 Å². The van der Waals surface area contributed by atoms with Crippen LogP contribution in [-0.4, -0.2) is 29.8 Å². The van der Waals surface area contributed by atoms with Gasteiger partial charge in [-0.05, 0) is 24.5 Å². The van der Waals surface area contributed by atoms with Crippen molar-refractivity contribution in [2.24, 2.45) is 5.73 Å². The van der Waals surface area contributed by atoms with Gasteiger partial charge in [0.25, 0.3) is 0 Å². The first-order valence-corrected chi connectivity index (χ1v) is 7.88. The van der Waals surface area contributed by atoms with Crippen LogP contribution in [0, 0.1) is 18.2 Å². The minimum atomic E-state index is -1.02. The molecule has 0 heterocycles. The van der Waals surface area contributed by atoms with E-state index in [-0.39, 0.29) is 18.4 Å². The number of unbranched alkanes of at least 4 members (excludes halogenated alkanes) is 1. The molecule has 0 saturated carbocycles. The number of carbonyl (C=O) groups is 3. The van der Waals surface area contributed by atoms with Gasteiger partial charge in [-0.3, -0.25) is 14.4 Å². The van der Waals surface area contributed by atoms with Crippen molar-refractivity contribution in [1.29, 1.82) is 0 Å². The van der Waals surface area contributed by atoms with E-state index in [0.717, 1.165) is 0 Å². The van der Waals surface area contributed by atoms with Crippen LogP contribution in [0.5, 0.6) is 0 Å². The van der Waals surface area contributed by atoms with Crippen LogP contribution in [0.3, 0.4) is 0 Å². The normalized spacial score (nSPS) is 12.5. The van der Waals surface area contributed by atoms with Crippen LogP contribution in [0.2, 0.25) is 0 Å². The molecule has 2 atom stereocenters. The Morgan fingerprint density at radius 1 is 1.24 bits per heavy atom. The zero-order chi connectivity index (χ0) is 18.8. The van der Waals surface area contributed by atoms with Crippen LogP contribution >= 0.6 is 0 Å². The van der Waals surface area contributed by atoms with Crippen molar-refractivity contribution in [2.75, 3.05) is 0 Å². The predicted octanol–water partition coefficient (Wildman–Crippen LogP) is 0.647. The number of amides is 3. The summed E-state index contributed by atoms with van der Waals surface area (Å²) < 4.78 is 13.8. The summed E-state index contributed by atoms with van der Waals surface area (Å²) in [5.74, 6) is 0.209. The number of nitrogens with one attached hydrogen (secondary N) is 2. The molecule has 0 saturated heterocycles. The number of hydrogen-bond donors (Lipinski definition) is 3. The van der Waals surface area contributed by atoms with Gasteiger partial charge in [0.05, 0.1) is 0 Å². The lowest BCUT2D eigenvalue weighted by Gasteiger charge is -2.21. The lowest BCUT2D eigenvalue weighted by atomic mass is 10.0. The highest BCUT2D eigenvalue weighted by atomic mass is 19.1. The Bertz CT molecular complexity index is 670. The van der Waals surface area contributed by atoms with E-state index in [9.17, 15) is 18.8 Å². The second kappa shape index (κ2) is 10.1. The van der Waals surface area contributed by atoms with Crippen molar-refractivity contribution in [2.45, 2.75) is 44.7 Å². The van der Waals surface area contributed by atoms with E-state index in [0.29, 0.717) is 12.8 Å². The highest BCUT2D eigenvalue weighted by Crippen LogP contribution is 2.10. The maximum atomic E-state index is 13.8. The van der Waals surface area contributed by atoms with Gasteiger partial charge in [-0.15, -0.1) is 12.3 Å². The van der Waals surface area contributed by atoms with Gasteiger partial charge in [-0.2, -0.15) is 0 Å². The Balaban J connectivity index is 2.84. The van der Waals surface area contributed by atoms with Gasteiger partial charge in [0.1, 0.15) is 17.9 Å². The summed E-state index contributed by atoms with van der Waals surface area (Å²) >= 11 is 0. The molecule has 0 aliphatic heterocycles. The Morgan fingerprint density at radius 3 is 2.48 bits per heavy atom. The fourth-order valence-corrected chi connectivity index (χ4v) is 2.30. The minimum Gasteiger partial charge on any atom is -0.368 e. The highest BCUT2D eigenvalue weighted by molar-refractivity contribution is 5.91. The maximum absolute atomic E-state index is 13.8. The molecule has 3 amide bonds. The zero-order valence-corrected chi connectivity index (χ0v) is 14.0. The molecule has 6 nitrogen and oxygen atoms in total. The molecular weight excluding hydrogens is 325 g/mol. The predicted molar refractivity (Wildman–Crippen MR) is 91.5 cm³/mol. The number of halogens is 1. The molecule has 7 heteroatoms. The summed E-state index contributed by atoms with van der Waals surface area (Å²) in [6.07, 6.45) is 6.37. The Labute approximate surface area is 146 Å². The first-order valence-electron chi connectivity index (χ1n) is 7.88. The minimum absolute atomic E-state index is 0.0477. The molecule has 0 unspecified atom stereocenters. The largest absolute Gasteiger partial charge is 0.368 e. The number of nitrogens with two attached hydrogens (primary N) is 1. The third-order valence-electron chi connectivity index (χ3n) is 3.55. The number of carbonyl (C=O) groups excluding carboxylic acids is 3. The Morgan fingerprint density at radius 2 is 1.92 bits per heavy atom. The summed E-state index contributed by atoms with van der Waals surface area (Å²) in [4.78, 5) is 35.3. The monoisotopic (exact) mass is 347 g/mol. The molecule has 0 fully saturated rings. The second-order valence-corrected chi connectivity index (χ2v) is 5.61. The summed E-state index contributed by atoms with van der Waals surface area (Å²) in [6.45, 7) is 1.25. The SMILES string of the molecule is C#CCCC[C@H](NC(=O)[C@@H](Cc1ccccc1F)NC(C)=O)C(N)=O. The van der Waals surface area contributed by atoms with Gasteiger partial charge in [0, 0.05) is 19.8 Å². The van der Waals surface area contributed by atoms with Crippen LogP contribution in [0.25, 0.3) is 0 Å². The van der Waals surface area contributed by atoms with Crippen molar-refractivity contribution in [3.05, 3.63) is 35.6 Å². The van der Waals surface area contributed by atoms with Crippen LogP contribution < -0.4 is 16.4 Å². The van der Waals surface area contributed by atoms with E-state index in [1.54, 1.807) is 6.07 Å². The van der Waals surface area contributed by atoms with Crippen molar-refractivity contribution < 1.29 is 18.8 Å². The molecular formula is C18H22FN3O3. The highest BCUT2D eigenvalue weighted by Gasteiger charge is 2.25.